The minimum atomic E-state index is -3.60. The maximum Gasteiger partial charge on any atom is 0.217 e. The van der Waals surface area contributed by atoms with Crippen molar-refractivity contribution in [3.63, 3.8) is 0 Å². The number of nitrogens with zero attached hydrogens (tertiary/aromatic N) is 1. The fourth-order valence-electron chi connectivity index (χ4n) is 1.80. The molecule has 0 spiro atoms. The molecule has 1 aromatic heterocycles. The largest absolute Gasteiger partial charge is 0.481 e. The van der Waals surface area contributed by atoms with E-state index in [2.05, 4.69) is 4.98 Å². The van der Waals surface area contributed by atoms with Gasteiger partial charge in [-0.1, -0.05) is 17.7 Å². The smallest absolute Gasteiger partial charge is 0.217 e. The fourth-order valence-corrected chi connectivity index (χ4v) is 3.46. The molecule has 20 heavy (non-hydrogen) atoms. The first-order chi connectivity index (χ1) is 9.44. The number of benzene rings is 1. The number of rotatable bonds is 4. The van der Waals surface area contributed by atoms with Crippen LogP contribution in [0.4, 0.5) is 5.69 Å². The number of pyridine rings is 1. The summed E-state index contributed by atoms with van der Waals surface area (Å²) < 4.78 is 29.8. The molecule has 0 saturated heterocycles. The highest BCUT2D eigenvalue weighted by molar-refractivity contribution is 7.90. The van der Waals surface area contributed by atoms with E-state index in [1.54, 1.807) is 12.1 Å². The number of nitrogens with two attached hydrogens (primary N) is 1. The zero-order chi connectivity index (χ0) is 14.8. The SMILES string of the molecule is COc1ncccc1CS(=O)(=O)c1ccc(Cl)cc1N. The van der Waals surface area contributed by atoms with Gasteiger partial charge in [-0.2, -0.15) is 0 Å². The Labute approximate surface area is 122 Å². The second-order valence-electron chi connectivity index (χ2n) is 4.11. The molecule has 0 amide bonds. The van der Waals surface area contributed by atoms with E-state index in [0.717, 1.165) is 0 Å². The first kappa shape index (κ1) is 14.6. The van der Waals surface area contributed by atoms with Crippen molar-refractivity contribution in [2.24, 2.45) is 0 Å². The molecule has 1 heterocycles. The lowest BCUT2D eigenvalue weighted by Gasteiger charge is -2.10. The van der Waals surface area contributed by atoms with Crippen LogP contribution in [0.15, 0.2) is 41.4 Å². The summed E-state index contributed by atoms with van der Waals surface area (Å²) in [5.41, 5.74) is 6.32. The predicted molar refractivity (Wildman–Crippen MR) is 77.5 cm³/mol. The molecule has 1 aromatic carbocycles. The number of aromatic nitrogens is 1. The van der Waals surface area contributed by atoms with Gasteiger partial charge in [0.2, 0.25) is 5.88 Å². The average Bonchev–Trinajstić information content (AvgIpc) is 2.38. The molecular weight excluding hydrogens is 300 g/mol. The summed E-state index contributed by atoms with van der Waals surface area (Å²) in [5, 5.41) is 0.389. The first-order valence-corrected chi connectivity index (χ1v) is 7.73. The number of sulfone groups is 1. The monoisotopic (exact) mass is 312 g/mol. The molecule has 2 aromatic rings. The molecule has 0 aliphatic rings. The van der Waals surface area contributed by atoms with E-state index in [0.29, 0.717) is 10.6 Å². The number of anilines is 1. The third-order valence-electron chi connectivity index (χ3n) is 2.70. The molecule has 0 aliphatic heterocycles. The summed E-state index contributed by atoms with van der Waals surface area (Å²) in [6, 6.07) is 7.60. The number of methoxy groups -OCH3 is 1. The highest BCUT2D eigenvalue weighted by Crippen LogP contribution is 2.27. The van der Waals surface area contributed by atoms with Crippen molar-refractivity contribution in [1.82, 2.24) is 4.98 Å². The summed E-state index contributed by atoms with van der Waals surface area (Å²) in [6.45, 7) is 0. The van der Waals surface area contributed by atoms with Crippen LogP contribution in [0.25, 0.3) is 0 Å². The van der Waals surface area contributed by atoms with Crippen LogP contribution in [-0.4, -0.2) is 20.5 Å². The van der Waals surface area contributed by atoms with E-state index in [-0.39, 0.29) is 22.2 Å². The Kier molecular flexibility index (Phi) is 4.15. The van der Waals surface area contributed by atoms with Gasteiger partial charge < -0.3 is 10.5 Å². The third kappa shape index (κ3) is 3.02. The van der Waals surface area contributed by atoms with E-state index < -0.39 is 9.84 Å². The molecule has 7 heteroatoms. The molecule has 2 N–H and O–H groups in total. The fraction of sp³-hybridized carbons (Fsp3) is 0.154. The van der Waals surface area contributed by atoms with Gasteiger partial charge in [-0.3, -0.25) is 0 Å². The molecule has 0 aliphatic carbocycles. The van der Waals surface area contributed by atoms with Gasteiger partial charge in [0.25, 0.3) is 0 Å². The molecule has 106 valence electrons. The number of halogens is 1. The number of hydrogen-bond donors (Lipinski definition) is 1. The van der Waals surface area contributed by atoms with Crippen molar-refractivity contribution in [3.05, 3.63) is 47.1 Å². The number of ether oxygens (including phenoxy) is 1. The van der Waals surface area contributed by atoms with Gasteiger partial charge in [-0.15, -0.1) is 0 Å². The Morgan fingerprint density at radius 2 is 2.10 bits per heavy atom. The van der Waals surface area contributed by atoms with Gasteiger partial charge in [-0.25, -0.2) is 13.4 Å². The van der Waals surface area contributed by atoms with Crippen LogP contribution in [-0.2, 0) is 15.6 Å². The standard InChI is InChI=1S/C13H13ClN2O3S/c1-19-13-9(3-2-6-16-13)8-20(17,18)12-5-4-10(14)7-11(12)15/h2-7H,8,15H2,1H3. The quantitative estimate of drug-likeness (QED) is 0.876. The molecule has 5 nitrogen and oxygen atoms in total. The van der Waals surface area contributed by atoms with Crippen molar-refractivity contribution in [3.8, 4) is 5.88 Å². The van der Waals surface area contributed by atoms with Crippen molar-refractivity contribution in [1.29, 1.82) is 0 Å². The van der Waals surface area contributed by atoms with E-state index >= 15 is 0 Å². The Hall–Kier alpha value is -1.79. The first-order valence-electron chi connectivity index (χ1n) is 5.69. The van der Waals surface area contributed by atoms with E-state index in [9.17, 15) is 8.42 Å². The summed E-state index contributed by atoms with van der Waals surface area (Å²) in [7, 11) is -2.16. The topological polar surface area (TPSA) is 82.3 Å². The van der Waals surface area contributed by atoms with Gasteiger partial charge in [0.05, 0.1) is 23.4 Å². The molecule has 0 radical (unpaired) electrons. The van der Waals surface area contributed by atoms with Crippen LogP contribution in [0.1, 0.15) is 5.56 Å². The normalized spacial score (nSPS) is 11.3. The second kappa shape index (κ2) is 5.68. The van der Waals surface area contributed by atoms with E-state index in [1.165, 1.54) is 31.5 Å². The van der Waals surface area contributed by atoms with E-state index in [1.807, 2.05) is 0 Å². The number of nitrogen functional groups attached to an aromatic ring is 1. The zero-order valence-corrected chi connectivity index (χ0v) is 12.3. The lowest BCUT2D eigenvalue weighted by atomic mass is 10.3. The zero-order valence-electron chi connectivity index (χ0n) is 10.7. The Morgan fingerprint density at radius 1 is 1.35 bits per heavy atom. The molecule has 0 bridgehead atoms. The highest BCUT2D eigenvalue weighted by atomic mass is 35.5. The van der Waals surface area contributed by atoms with Gasteiger partial charge in [0, 0.05) is 16.8 Å². The summed E-state index contributed by atoms with van der Waals surface area (Å²) in [5.74, 6) is 0.0409. The van der Waals surface area contributed by atoms with Crippen LogP contribution < -0.4 is 10.5 Å². The number of hydrogen-bond acceptors (Lipinski definition) is 5. The van der Waals surface area contributed by atoms with Crippen molar-refractivity contribution >= 4 is 27.1 Å². The Balaban J connectivity index is 2.41. The van der Waals surface area contributed by atoms with Gasteiger partial charge in [-0.05, 0) is 24.3 Å². The molecule has 0 atom stereocenters. The molecule has 0 fully saturated rings. The van der Waals surface area contributed by atoms with Crippen LogP contribution in [0.3, 0.4) is 0 Å². The van der Waals surface area contributed by atoms with Crippen LogP contribution in [0.5, 0.6) is 5.88 Å². The average molecular weight is 313 g/mol. The van der Waals surface area contributed by atoms with E-state index in [4.69, 9.17) is 22.1 Å². The van der Waals surface area contributed by atoms with Crippen LogP contribution >= 0.6 is 11.6 Å². The molecule has 2 rings (SSSR count). The van der Waals surface area contributed by atoms with Crippen molar-refractivity contribution < 1.29 is 13.2 Å². The summed E-state index contributed by atoms with van der Waals surface area (Å²) in [6.07, 6.45) is 1.53. The van der Waals surface area contributed by atoms with Crippen LogP contribution in [0.2, 0.25) is 5.02 Å². The molecule has 0 saturated carbocycles. The second-order valence-corrected chi connectivity index (χ2v) is 6.51. The predicted octanol–water partition coefficient (Wildman–Crippen LogP) is 2.30. The van der Waals surface area contributed by atoms with Gasteiger partial charge >= 0.3 is 0 Å². The van der Waals surface area contributed by atoms with Gasteiger partial charge in [0.1, 0.15) is 0 Å². The summed E-state index contributed by atoms with van der Waals surface area (Å²) in [4.78, 5) is 4.02. The van der Waals surface area contributed by atoms with Crippen molar-refractivity contribution in [2.75, 3.05) is 12.8 Å². The Morgan fingerprint density at radius 3 is 2.75 bits per heavy atom. The molecule has 0 unspecified atom stereocenters. The lowest BCUT2D eigenvalue weighted by molar-refractivity contribution is 0.394. The minimum Gasteiger partial charge on any atom is -0.481 e. The third-order valence-corrected chi connectivity index (χ3v) is 4.66. The molecular formula is C13H13ClN2O3S. The summed E-state index contributed by atoms with van der Waals surface area (Å²) >= 11 is 5.77. The van der Waals surface area contributed by atoms with Crippen molar-refractivity contribution in [2.45, 2.75) is 10.6 Å². The van der Waals surface area contributed by atoms with Crippen LogP contribution in [0, 0.1) is 0 Å². The maximum absolute atomic E-state index is 12.4. The minimum absolute atomic E-state index is 0.0489. The lowest BCUT2D eigenvalue weighted by Crippen LogP contribution is -2.09. The Bertz CT molecular complexity index is 732. The van der Waals surface area contributed by atoms with Gasteiger partial charge in [0.15, 0.2) is 9.84 Å². The highest BCUT2D eigenvalue weighted by Gasteiger charge is 2.20. The maximum atomic E-state index is 12.4.